The highest BCUT2D eigenvalue weighted by atomic mass is 32.2. The number of rotatable bonds is 9. The van der Waals surface area contributed by atoms with Crippen LogP contribution in [0.15, 0.2) is 64.1 Å². The van der Waals surface area contributed by atoms with Gasteiger partial charge in [-0.05, 0) is 47.1 Å². The van der Waals surface area contributed by atoms with Crippen molar-refractivity contribution in [1.82, 2.24) is 5.27 Å². The maximum Gasteiger partial charge on any atom is 0.298 e. The molecule has 1 N–H and O–H groups in total. The molecule has 0 bridgehead atoms. The number of amides is 1. The van der Waals surface area contributed by atoms with Crippen LogP contribution >= 0.6 is 11.8 Å². The summed E-state index contributed by atoms with van der Waals surface area (Å²) in [6.07, 6.45) is 2.08. The van der Waals surface area contributed by atoms with Gasteiger partial charge in [-0.1, -0.05) is 31.5 Å². The van der Waals surface area contributed by atoms with Crippen molar-refractivity contribution in [2.45, 2.75) is 24.8 Å². The van der Waals surface area contributed by atoms with Crippen molar-refractivity contribution in [1.29, 1.82) is 0 Å². The summed E-state index contributed by atoms with van der Waals surface area (Å²) < 4.78 is 11.7. The van der Waals surface area contributed by atoms with E-state index in [4.69, 9.17) is 9.26 Å². The van der Waals surface area contributed by atoms with Crippen LogP contribution in [-0.2, 0) is 4.79 Å². The molecule has 2 aromatic carbocycles. The van der Waals surface area contributed by atoms with Crippen molar-refractivity contribution in [2.75, 3.05) is 17.7 Å². The Bertz CT molecular complexity index is 898. The Morgan fingerprint density at radius 1 is 1.21 bits per heavy atom. The van der Waals surface area contributed by atoms with Gasteiger partial charge in [0, 0.05) is 17.8 Å². The minimum Gasteiger partial charge on any atom is -0.538 e. The number of ether oxygens (including phenoxy) is 1. The molecule has 7 nitrogen and oxygen atoms in total. The molecule has 0 saturated heterocycles. The van der Waals surface area contributed by atoms with Crippen molar-refractivity contribution in [3.63, 3.8) is 0 Å². The third kappa shape index (κ3) is 5.26. The summed E-state index contributed by atoms with van der Waals surface area (Å²) in [5.41, 5.74) is 1.35. The normalized spacial score (nSPS) is 10.6. The Morgan fingerprint density at radius 3 is 2.68 bits per heavy atom. The first-order valence-electron chi connectivity index (χ1n) is 8.97. The quantitative estimate of drug-likeness (QED) is 0.338. The number of benzene rings is 2. The topological polar surface area (TPSA) is 91.3 Å². The Morgan fingerprint density at radius 2 is 1.96 bits per heavy atom. The second kappa shape index (κ2) is 9.80. The molecule has 1 heterocycles. The number of carbonyl (C=O) groups is 1. The number of unbranched alkanes of at least 4 members (excludes halogenated alkanes) is 1. The molecule has 0 spiro atoms. The SMILES string of the molecule is CCCCOc1ccc(NC(=O)CSc2c([O-])on[n+]2-c2ccccc2)cc1. The summed E-state index contributed by atoms with van der Waals surface area (Å²) in [5, 5.41) is 18.7. The number of anilines is 1. The van der Waals surface area contributed by atoms with Crippen molar-refractivity contribution in [3.05, 3.63) is 54.6 Å². The molecule has 0 aliphatic rings. The predicted octanol–water partition coefficient (Wildman–Crippen LogP) is 2.93. The third-order valence-corrected chi connectivity index (χ3v) is 4.84. The van der Waals surface area contributed by atoms with Gasteiger partial charge in [0.25, 0.3) is 5.03 Å². The van der Waals surface area contributed by atoms with E-state index >= 15 is 0 Å². The number of carbonyl (C=O) groups excluding carboxylic acids is 1. The molecule has 1 aromatic heterocycles. The molecule has 3 aromatic rings. The first kappa shape index (κ1) is 19.8. The van der Waals surface area contributed by atoms with E-state index in [-0.39, 0.29) is 16.7 Å². The standard InChI is InChI=1S/C20H21N3O4S/c1-2-3-13-26-17-11-9-15(10-12-17)21-18(24)14-28-19-20(25)27-22-23(19)16-7-5-4-6-8-16/h4-12H,2-3,13-14H2,1H3,(H-,21,22,24,25). The molecule has 0 unspecified atom stereocenters. The lowest BCUT2D eigenvalue weighted by molar-refractivity contribution is -0.705. The molecule has 3 rings (SSSR count). The summed E-state index contributed by atoms with van der Waals surface area (Å²) in [6, 6.07) is 16.3. The van der Waals surface area contributed by atoms with E-state index in [1.54, 1.807) is 24.3 Å². The summed E-state index contributed by atoms with van der Waals surface area (Å²) in [7, 11) is 0. The lowest BCUT2D eigenvalue weighted by Gasteiger charge is -2.07. The zero-order valence-corrected chi connectivity index (χ0v) is 16.3. The van der Waals surface area contributed by atoms with Crippen LogP contribution in [0.25, 0.3) is 5.69 Å². The van der Waals surface area contributed by atoms with Crippen LogP contribution in [-0.4, -0.2) is 23.5 Å². The molecule has 0 aliphatic heterocycles. The summed E-state index contributed by atoms with van der Waals surface area (Å²) in [5.74, 6) is 0.0168. The average molecular weight is 399 g/mol. The number of aromatic nitrogens is 2. The van der Waals surface area contributed by atoms with Crippen LogP contribution in [0.3, 0.4) is 0 Å². The molecule has 28 heavy (non-hydrogen) atoms. The van der Waals surface area contributed by atoms with Crippen molar-refractivity contribution in [3.8, 4) is 17.4 Å². The molecule has 146 valence electrons. The number of para-hydroxylation sites is 1. The highest BCUT2D eigenvalue weighted by molar-refractivity contribution is 7.99. The summed E-state index contributed by atoms with van der Waals surface area (Å²) >= 11 is 1.08. The highest BCUT2D eigenvalue weighted by Crippen LogP contribution is 2.23. The van der Waals surface area contributed by atoms with Gasteiger partial charge in [0.05, 0.1) is 17.6 Å². The average Bonchev–Trinajstić information content (AvgIpc) is 3.09. The van der Waals surface area contributed by atoms with Crippen LogP contribution in [0.2, 0.25) is 0 Å². The Balaban J connectivity index is 1.56. The first-order chi connectivity index (χ1) is 13.7. The fourth-order valence-electron chi connectivity index (χ4n) is 2.39. The largest absolute Gasteiger partial charge is 0.538 e. The van der Waals surface area contributed by atoms with E-state index in [9.17, 15) is 9.90 Å². The van der Waals surface area contributed by atoms with Gasteiger partial charge in [-0.25, -0.2) is 0 Å². The number of thioether (sulfide) groups is 1. The zero-order valence-electron chi connectivity index (χ0n) is 15.5. The molecule has 1 amide bonds. The van der Waals surface area contributed by atoms with Crippen molar-refractivity contribution < 1.29 is 23.8 Å². The van der Waals surface area contributed by atoms with Gasteiger partial charge in [0.15, 0.2) is 5.95 Å². The molecule has 0 fully saturated rings. The van der Waals surface area contributed by atoms with Crippen LogP contribution in [0, 0.1) is 0 Å². The maximum atomic E-state index is 12.2. The minimum absolute atomic E-state index is 0.0536. The van der Waals surface area contributed by atoms with Crippen molar-refractivity contribution in [2.24, 2.45) is 0 Å². The smallest absolute Gasteiger partial charge is 0.298 e. The van der Waals surface area contributed by atoms with Crippen LogP contribution < -0.4 is 19.8 Å². The summed E-state index contributed by atoms with van der Waals surface area (Å²) in [6.45, 7) is 2.78. The number of nitrogens with one attached hydrogen (secondary N) is 1. The fraction of sp³-hybridized carbons (Fsp3) is 0.250. The Kier molecular flexibility index (Phi) is 6.91. The van der Waals surface area contributed by atoms with E-state index in [1.807, 2.05) is 30.3 Å². The van der Waals surface area contributed by atoms with E-state index in [0.717, 1.165) is 30.4 Å². The number of hydrogen-bond acceptors (Lipinski definition) is 6. The highest BCUT2D eigenvalue weighted by Gasteiger charge is 2.21. The van der Waals surface area contributed by atoms with Gasteiger partial charge in [-0.2, -0.15) is 0 Å². The van der Waals surface area contributed by atoms with Gasteiger partial charge >= 0.3 is 0 Å². The van der Waals surface area contributed by atoms with E-state index in [0.29, 0.717) is 18.0 Å². The molecule has 0 radical (unpaired) electrons. The number of nitrogens with zero attached hydrogens (tertiary/aromatic N) is 2. The second-order valence-electron chi connectivity index (χ2n) is 5.98. The maximum absolute atomic E-state index is 12.2. The van der Waals surface area contributed by atoms with Crippen LogP contribution in [0.4, 0.5) is 5.69 Å². The van der Waals surface area contributed by atoms with Crippen LogP contribution in [0.1, 0.15) is 19.8 Å². The van der Waals surface area contributed by atoms with Gasteiger partial charge in [0.2, 0.25) is 11.6 Å². The van der Waals surface area contributed by atoms with Gasteiger partial charge in [0.1, 0.15) is 5.75 Å². The predicted molar refractivity (Wildman–Crippen MR) is 104 cm³/mol. The van der Waals surface area contributed by atoms with E-state index in [2.05, 4.69) is 17.5 Å². The minimum atomic E-state index is -0.574. The third-order valence-electron chi connectivity index (χ3n) is 3.82. The van der Waals surface area contributed by atoms with Gasteiger partial charge in [-0.3, -0.25) is 4.79 Å². The molecule has 0 aliphatic carbocycles. The Hall–Kier alpha value is -3.00. The van der Waals surface area contributed by atoms with E-state index in [1.165, 1.54) is 4.68 Å². The monoisotopic (exact) mass is 399 g/mol. The van der Waals surface area contributed by atoms with E-state index < -0.39 is 5.95 Å². The fourth-order valence-corrected chi connectivity index (χ4v) is 3.15. The lowest BCUT2D eigenvalue weighted by Crippen LogP contribution is -2.35. The first-order valence-corrected chi connectivity index (χ1v) is 9.96. The molecular formula is C20H21N3O4S. The Labute approximate surface area is 167 Å². The summed E-state index contributed by atoms with van der Waals surface area (Å²) in [4.78, 5) is 12.2. The number of hydrogen-bond donors (Lipinski definition) is 1. The second-order valence-corrected chi connectivity index (χ2v) is 6.94. The van der Waals surface area contributed by atoms with Gasteiger partial charge < -0.3 is 19.7 Å². The zero-order chi connectivity index (χ0) is 19.8. The van der Waals surface area contributed by atoms with Gasteiger partial charge in [-0.15, -0.1) is 0 Å². The lowest BCUT2D eigenvalue weighted by atomic mass is 10.3. The molecule has 0 saturated carbocycles. The van der Waals surface area contributed by atoms with Crippen molar-refractivity contribution >= 4 is 23.4 Å². The molecular weight excluding hydrogens is 378 g/mol. The molecule has 8 heteroatoms. The molecule has 0 atom stereocenters. The van der Waals surface area contributed by atoms with Crippen LogP contribution in [0.5, 0.6) is 11.7 Å².